The summed E-state index contributed by atoms with van der Waals surface area (Å²) in [6, 6.07) is 8.16. The van der Waals surface area contributed by atoms with Crippen LogP contribution in [-0.2, 0) is 4.79 Å². The average molecular weight is 368 g/mol. The lowest BCUT2D eigenvalue weighted by atomic mass is 9.83. The molecule has 3 rings (SSSR count). The topological polar surface area (TPSA) is 78.3 Å². The number of carboxylic acid groups (broad SMARTS) is 1. The highest BCUT2D eigenvalue weighted by molar-refractivity contribution is 5.80. The zero-order chi connectivity index (χ0) is 19.6. The number of benzene rings is 1. The van der Waals surface area contributed by atoms with Gasteiger partial charge >= 0.3 is 5.97 Å². The summed E-state index contributed by atoms with van der Waals surface area (Å²) in [5, 5.41) is 13.5. The van der Waals surface area contributed by atoms with E-state index in [4.69, 9.17) is 0 Å². The van der Waals surface area contributed by atoms with E-state index in [1.807, 2.05) is 19.0 Å². The van der Waals surface area contributed by atoms with Crippen LogP contribution in [-0.4, -0.2) is 40.7 Å². The van der Waals surface area contributed by atoms with Crippen molar-refractivity contribution >= 4 is 11.7 Å². The van der Waals surface area contributed by atoms with E-state index in [9.17, 15) is 9.90 Å². The molecule has 0 aliphatic carbocycles. The van der Waals surface area contributed by atoms with Gasteiger partial charge in [-0.2, -0.15) is 0 Å². The van der Waals surface area contributed by atoms with Gasteiger partial charge in [0.15, 0.2) is 0 Å². The van der Waals surface area contributed by atoms with E-state index in [2.05, 4.69) is 53.4 Å². The molecule has 0 radical (unpaired) electrons. The molecule has 1 saturated heterocycles. The zero-order valence-corrected chi connectivity index (χ0v) is 16.4. The number of anilines is 1. The highest BCUT2D eigenvalue weighted by Gasteiger charge is 2.51. The van der Waals surface area contributed by atoms with Crippen LogP contribution in [0.1, 0.15) is 49.9 Å². The molecule has 1 aliphatic rings. The molecule has 1 aromatic heterocycles. The molecule has 1 aromatic carbocycles. The van der Waals surface area contributed by atoms with Crippen molar-refractivity contribution in [1.29, 1.82) is 0 Å². The third-order valence-electron chi connectivity index (χ3n) is 5.30. The van der Waals surface area contributed by atoms with Gasteiger partial charge < -0.3 is 10.0 Å². The molecule has 27 heavy (non-hydrogen) atoms. The van der Waals surface area contributed by atoms with Crippen LogP contribution in [0.3, 0.4) is 0 Å². The first-order valence-corrected chi connectivity index (χ1v) is 9.37. The lowest BCUT2D eigenvalue weighted by molar-refractivity contribution is -0.145. The second-order valence-corrected chi connectivity index (χ2v) is 8.03. The summed E-state index contributed by atoms with van der Waals surface area (Å²) >= 11 is 0. The molecule has 0 saturated carbocycles. The molecule has 0 amide bonds. The highest BCUT2D eigenvalue weighted by Crippen LogP contribution is 2.46. The van der Waals surface area contributed by atoms with Crippen LogP contribution < -0.4 is 10.2 Å². The molecule has 6 heteroatoms. The Kier molecular flexibility index (Phi) is 5.46. The average Bonchev–Trinajstić information content (AvgIpc) is 3.03. The third kappa shape index (κ3) is 3.95. The van der Waals surface area contributed by atoms with E-state index in [0.29, 0.717) is 12.8 Å². The van der Waals surface area contributed by atoms with Crippen molar-refractivity contribution in [2.75, 3.05) is 19.0 Å². The van der Waals surface area contributed by atoms with Gasteiger partial charge in [-0.15, -0.1) is 0 Å². The maximum Gasteiger partial charge on any atom is 0.323 e. The molecule has 6 nitrogen and oxygen atoms in total. The fourth-order valence-corrected chi connectivity index (χ4v) is 4.10. The van der Waals surface area contributed by atoms with Crippen LogP contribution in [0.25, 0.3) is 0 Å². The van der Waals surface area contributed by atoms with E-state index >= 15 is 0 Å². The van der Waals surface area contributed by atoms with Crippen molar-refractivity contribution in [2.24, 2.45) is 5.92 Å². The molecule has 1 aliphatic heterocycles. The van der Waals surface area contributed by atoms with E-state index in [0.717, 1.165) is 16.9 Å². The molecule has 0 spiro atoms. The van der Waals surface area contributed by atoms with E-state index in [1.54, 1.807) is 18.6 Å². The predicted molar refractivity (Wildman–Crippen MR) is 106 cm³/mol. The van der Waals surface area contributed by atoms with Gasteiger partial charge in [-0.05, 0) is 36.5 Å². The van der Waals surface area contributed by atoms with Crippen LogP contribution in [0.4, 0.5) is 5.69 Å². The summed E-state index contributed by atoms with van der Waals surface area (Å²) in [5.74, 6) is -0.567. The van der Waals surface area contributed by atoms with E-state index in [-0.39, 0.29) is 17.9 Å². The van der Waals surface area contributed by atoms with Crippen molar-refractivity contribution in [3.63, 3.8) is 0 Å². The van der Waals surface area contributed by atoms with Crippen LogP contribution in [0, 0.1) is 5.92 Å². The van der Waals surface area contributed by atoms with Gasteiger partial charge in [0.05, 0.1) is 5.69 Å². The van der Waals surface area contributed by atoms with Crippen molar-refractivity contribution in [3.05, 3.63) is 54.1 Å². The largest absolute Gasteiger partial charge is 0.480 e. The third-order valence-corrected chi connectivity index (χ3v) is 5.30. The van der Waals surface area contributed by atoms with E-state index < -0.39 is 11.5 Å². The number of aliphatic carboxylic acids is 1. The molecule has 2 heterocycles. The fraction of sp³-hybridized carbons (Fsp3) is 0.476. The smallest absolute Gasteiger partial charge is 0.323 e. The number of carboxylic acids is 1. The van der Waals surface area contributed by atoms with Crippen LogP contribution in [0.5, 0.6) is 0 Å². The van der Waals surface area contributed by atoms with Gasteiger partial charge in [-0.25, -0.2) is 0 Å². The second-order valence-electron chi connectivity index (χ2n) is 8.03. The Balaban J connectivity index is 2.01. The predicted octanol–water partition coefficient (Wildman–Crippen LogP) is 3.23. The van der Waals surface area contributed by atoms with Gasteiger partial charge in [0.25, 0.3) is 0 Å². The number of carbonyl (C=O) groups is 1. The van der Waals surface area contributed by atoms with Crippen LogP contribution >= 0.6 is 0 Å². The van der Waals surface area contributed by atoms with Gasteiger partial charge in [-0.3, -0.25) is 20.1 Å². The Labute approximate surface area is 160 Å². The number of hydrogen-bond acceptors (Lipinski definition) is 5. The number of nitrogens with one attached hydrogen (secondary N) is 1. The minimum absolute atomic E-state index is 0.0428. The molecule has 1 fully saturated rings. The summed E-state index contributed by atoms with van der Waals surface area (Å²) in [6.45, 7) is 4.12. The van der Waals surface area contributed by atoms with Gasteiger partial charge in [-0.1, -0.05) is 26.0 Å². The van der Waals surface area contributed by atoms with Gasteiger partial charge in [0.2, 0.25) is 0 Å². The number of rotatable bonds is 6. The van der Waals surface area contributed by atoms with Crippen molar-refractivity contribution in [3.8, 4) is 0 Å². The van der Waals surface area contributed by atoms with Crippen LogP contribution in [0.15, 0.2) is 42.9 Å². The molecular formula is C21H28N4O2. The number of nitrogens with zero attached hydrogens (tertiary/aromatic N) is 3. The number of hydrogen-bond donors (Lipinski definition) is 2. The molecule has 3 atom stereocenters. The van der Waals surface area contributed by atoms with Gasteiger partial charge in [0, 0.05) is 50.3 Å². The Bertz CT molecular complexity index is 777. The molecular weight excluding hydrogens is 340 g/mol. The monoisotopic (exact) mass is 368 g/mol. The first-order valence-electron chi connectivity index (χ1n) is 9.37. The molecule has 0 bridgehead atoms. The molecule has 2 N–H and O–H groups in total. The maximum absolute atomic E-state index is 12.3. The standard InChI is InChI=1S/C21H28N4O2/c1-14(2)11-21(20(26)27)12-17(18-13-22-9-10-23-18)19(24-21)15-5-7-16(8-6-15)25(3)4/h5-10,13-14,17,19,24H,11-12H2,1-4H3,(H,26,27)/t17-,19+,21+/m1/s1. The molecule has 144 valence electrons. The lowest BCUT2D eigenvalue weighted by Gasteiger charge is -2.28. The van der Waals surface area contributed by atoms with Crippen molar-refractivity contribution in [1.82, 2.24) is 15.3 Å². The number of aromatic nitrogens is 2. The summed E-state index contributed by atoms with van der Waals surface area (Å²) in [4.78, 5) is 23.0. The molecule has 2 aromatic rings. The van der Waals surface area contributed by atoms with E-state index in [1.165, 1.54) is 0 Å². The SMILES string of the molecule is CC(C)C[C@@]1(C(=O)O)C[C@H](c2cnccn2)[C@H](c2ccc(N(C)C)cc2)N1. The van der Waals surface area contributed by atoms with Crippen LogP contribution in [0.2, 0.25) is 0 Å². The Morgan fingerprint density at radius 3 is 2.52 bits per heavy atom. The summed E-state index contributed by atoms with van der Waals surface area (Å²) in [5.41, 5.74) is 2.06. The zero-order valence-electron chi connectivity index (χ0n) is 16.4. The normalized spacial score (nSPS) is 24.9. The fourth-order valence-electron chi connectivity index (χ4n) is 4.10. The Hall–Kier alpha value is -2.47. The van der Waals surface area contributed by atoms with Gasteiger partial charge in [0.1, 0.15) is 5.54 Å². The van der Waals surface area contributed by atoms with Crippen molar-refractivity contribution in [2.45, 2.75) is 44.2 Å². The Morgan fingerprint density at radius 1 is 1.30 bits per heavy atom. The van der Waals surface area contributed by atoms with Crippen molar-refractivity contribution < 1.29 is 9.90 Å². The first kappa shape index (κ1) is 19.3. The Morgan fingerprint density at radius 2 is 2.00 bits per heavy atom. The first-order chi connectivity index (χ1) is 12.8. The lowest BCUT2D eigenvalue weighted by Crippen LogP contribution is -2.49. The summed E-state index contributed by atoms with van der Waals surface area (Å²) < 4.78 is 0. The summed E-state index contributed by atoms with van der Waals surface area (Å²) in [7, 11) is 4.01. The quantitative estimate of drug-likeness (QED) is 0.815. The minimum atomic E-state index is -0.957. The maximum atomic E-state index is 12.3. The second kappa shape index (κ2) is 7.64. The summed E-state index contributed by atoms with van der Waals surface area (Å²) in [6.07, 6.45) is 6.14. The molecule has 0 unspecified atom stereocenters. The minimum Gasteiger partial charge on any atom is -0.480 e. The highest BCUT2D eigenvalue weighted by atomic mass is 16.4.